The van der Waals surface area contributed by atoms with Crippen LogP contribution in [0.2, 0.25) is 0 Å². The number of aliphatic imine (C=N–C) groups is 1. The second kappa shape index (κ2) is 10.1. The highest BCUT2D eigenvalue weighted by atomic mass is 16.5. The topological polar surface area (TPSA) is 92.9 Å². The van der Waals surface area contributed by atoms with Crippen LogP contribution in [0.1, 0.15) is 58.2 Å². The van der Waals surface area contributed by atoms with Crippen molar-refractivity contribution >= 4 is 11.9 Å². The zero-order chi connectivity index (χ0) is 18.9. The molecule has 146 valence electrons. The van der Waals surface area contributed by atoms with Crippen LogP contribution < -0.4 is 5.32 Å². The molecule has 1 unspecified atom stereocenters. The molecule has 0 aliphatic carbocycles. The summed E-state index contributed by atoms with van der Waals surface area (Å²) in [6.07, 6.45) is 2.42. The fourth-order valence-electron chi connectivity index (χ4n) is 2.91. The summed E-state index contributed by atoms with van der Waals surface area (Å²) in [6.45, 7) is 11.2. The van der Waals surface area contributed by atoms with Gasteiger partial charge in [-0.3, -0.25) is 9.79 Å². The standard InChI is InChI=1S/C18H31N5O3/c1-5-19-18(20-10-9-15-21-16(13(3)4)22-26-15)23-11-7-8-14(12-23)17(24)25-6-2/h13-14H,5-12H2,1-4H3,(H,19,20). The molecule has 0 saturated carbocycles. The fourth-order valence-corrected chi connectivity index (χ4v) is 2.91. The lowest BCUT2D eigenvalue weighted by molar-refractivity contribution is -0.149. The number of likely N-dealkylation sites (tertiary alicyclic amines) is 1. The Labute approximate surface area is 155 Å². The first-order chi connectivity index (χ1) is 12.5. The summed E-state index contributed by atoms with van der Waals surface area (Å²) in [4.78, 5) is 23.2. The van der Waals surface area contributed by atoms with Crippen LogP contribution in [-0.2, 0) is 16.0 Å². The highest BCUT2D eigenvalue weighted by Gasteiger charge is 2.28. The Balaban J connectivity index is 1.95. The highest BCUT2D eigenvalue weighted by Crippen LogP contribution is 2.18. The van der Waals surface area contributed by atoms with Crippen molar-refractivity contribution in [2.45, 2.75) is 52.9 Å². The minimum absolute atomic E-state index is 0.0860. The van der Waals surface area contributed by atoms with Crippen molar-refractivity contribution in [3.8, 4) is 0 Å². The molecular formula is C18H31N5O3. The molecule has 1 aliphatic rings. The maximum absolute atomic E-state index is 12.0. The molecule has 0 aromatic carbocycles. The number of guanidine groups is 1. The quantitative estimate of drug-likeness (QED) is 0.448. The van der Waals surface area contributed by atoms with E-state index in [1.54, 1.807) is 0 Å². The molecule has 0 amide bonds. The third-order valence-electron chi connectivity index (χ3n) is 4.26. The zero-order valence-corrected chi connectivity index (χ0v) is 16.3. The van der Waals surface area contributed by atoms with Gasteiger partial charge in [-0.25, -0.2) is 0 Å². The second-order valence-corrected chi connectivity index (χ2v) is 6.72. The Hall–Kier alpha value is -2.12. The smallest absolute Gasteiger partial charge is 0.310 e. The van der Waals surface area contributed by atoms with E-state index in [0.29, 0.717) is 32.0 Å². The lowest BCUT2D eigenvalue weighted by atomic mass is 9.98. The van der Waals surface area contributed by atoms with Gasteiger partial charge in [0.15, 0.2) is 11.8 Å². The number of esters is 1. The van der Waals surface area contributed by atoms with Gasteiger partial charge in [0, 0.05) is 32.0 Å². The highest BCUT2D eigenvalue weighted by molar-refractivity contribution is 5.81. The monoisotopic (exact) mass is 365 g/mol. The number of rotatable bonds is 7. The summed E-state index contributed by atoms with van der Waals surface area (Å²) in [6, 6.07) is 0. The molecule has 1 saturated heterocycles. The lowest BCUT2D eigenvalue weighted by Gasteiger charge is -2.34. The van der Waals surface area contributed by atoms with Crippen molar-refractivity contribution in [2.24, 2.45) is 10.9 Å². The number of carbonyl (C=O) groups excluding carboxylic acids is 1. The fraction of sp³-hybridized carbons (Fsp3) is 0.778. The Morgan fingerprint density at radius 3 is 2.92 bits per heavy atom. The van der Waals surface area contributed by atoms with Crippen LogP contribution in [0.15, 0.2) is 9.52 Å². The molecule has 8 heteroatoms. The van der Waals surface area contributed by atoms with Crippen LogP contribution in [0.3, 0.4) is 0 Å². The Bertz CT molecular complexity index is 599. The minimum atomic E-state index is -0.111. The van der Waals surface area contributed by atoms with Crippen LogP contribution >= 0.6 is 0 Å². The summed E-state index contributed by atoms with van der Waals surface area (Å²) in [5, 5.41) is 7.29. The molecule has 0 spiro atoms. The van der Waals surface area contributed by atoms with Crippen LogP contribution in [0.25, 0.3) is 0 Å². The first-order valence-electron chi connectivity index (χ1n) is 9.57. The van der Waals surface area contributed by atoms with E-state index in [1.165, 1.54) is 0 Å². The molecule has 0 radical (unpaired) electrons. The first kappa shape index (κ1) is 20.2. The minimum Gasteiger partial charge on any atom is -0.466 e. The summed E-state index contributed by atoms with van der Waals surface area (Å²) in [5.41, 5.74) is 0. The number of carbonyl (C=O) groups is 1. The van der Waals surface area contributed by atoms with Crippen LogP contribution in [0.4, 0.5) is 0 Å². The number of ether oxygens (including phenoxy) is 1. The van der Waals surface area contributed by atoms with Gasteiger partial charge in [-0.2, -0.15) is 4.98 Å². The first-order valence-corrected chi connectivity index (χ1v) is 9.57. The second-order valence-electron chi connectivity index (χ2n) is 6.72. The maximum atomic E-state index is 12.0. The largest absolute Gasteiger partial charge is 0.466 e. The molecule has 2 rings (SSSR count). The van der Waals surface area contributed by atoms with Crippen molar-refractivity contribution in [2.75, 3.05) is 32.8 Å². The summed E-state index contributed by atoms with van der Waals surface area (Å²) < 4.78 is 10.4. The van der Waals surface area contributed by atoms with Gasteiger partial charge in [-0.05, 0) is 26.7 Å². The molecule has 1 aromatic rings. The molecule has 0 bridgehead atoms. The number of aromatic nitrogens is 2. The molecule has 1 aliphatic heterocycles. The zero-order valence-electron chi connectivity index (χ0n) is 16.3. The van der Waals surface area contributed by atoms with Gasteiger partial charge in [-0.1, -0.05) is 19.0 Å². The Morgan fingerprint density at radius 2 is 2.27 bits per heavy atom. The van der Waals surface area contributed by atoms with Gasteiger partial charge in [-0.15, -0.1) is 0 Å². The third kappa shape index (κ3) is 5.71. The van der Waals surface area contributed by atoms with E-state index in [9.17, 15) is 4.79 Å². The number of piperidine rings is 1. The van der Waals surface area contributed by atoms with Crippen molar-refractivity contribution in [3.05, 3.63) is 11.7 Å². The predicted octanol–water partition coefficient (Wildman–Crippen LogP) is 1.98. The third-order valence-corrected chi connectivity index (χ3v) is 4.26. The molecule has 1 N–H and O–H groups in total. The molecule has 8 nitrogen and oxygen atoms in total. The summed E-state index contributed by atoms with van der Waals surface area (Å²) >= 11 is 0. The van der Waals surface area contributed by atoms with Gasteiger partial charge >= 0.3 is 5.97 Å². The van der Waals surface area contributed by atoms with Gasteiger partial charge in [0.25, 0.3) is 0 Å². The van der Waals surface area contributed by atoms with E-state index in [-0.39, 0.29) is 17.8 Å². The van der Waals surface area contributed by atoms with Crippen LogP contribution in [0.5, 0.6) is 0 Å². The number of hydrogen-bond donors (Lipinski definition) is 1. The average Bonchev–Trinajstić information content (AvgIpc) is 3.10. The molecule has 1 fully saturated rings. The van der Waals surface area contributed by atoms with E-state index < -0.39 is 0 Å². The molecule has 2 heterocycles. The SMILES string of the molecule is CCNC(=NCCc1nc(C(C)C)no1)N1CCCC(C(=O)OCC)C1. The Kier molecular flexibility index (Phi) is 7.87. The molecular weight excluding hydrogens is 334 g/mol. The van der Waals surface area contributed by atoms with Gasteiger partial charge in [0.2, 0.25) is 5.89 Å². The van der Waals surface area contributed by atoms with Gasteiger partial charge < -0.3 is 19.5 Å². The molecule has 1 atom stereocenters. The van der Waals surface area contributed by atoms with Gasteiger partial charge in [0.05, 0.1) is 19.1 Å². The van der Waals surface area contributed by atoms with E-state index in [2.05, 4.69) is 25.3 Å². The number of nitrogens with one attached hydrogen (secondary N) is 1. The maximum Gasteiger partial charge on any atom is 0.310 e. The average molecular weight is 365 g/mol. The summed E-state index contributed by atoms with van der Waals surface area (Å²) in [5.74, 6) is 2.21. The van der Waals surface area contributed by atoms with E-state index in [0.717, 1.165) is 37.7 Å². The van der Waals surface area contributed by atoms with Crippen molar-refractivity contribution < 1.29 is 14.1 Å². The number of nitrogens with zero attached hydrogens (tertiary/aromatic N) is 4. The summed E-state index contributed by atoms with van der Waals surface area (Å²) in [7, 11) is 0. The molecule has 26 heavy (non-hydrogen) atoms. The number of hydrogen-bond acceptors (Lipinski definition) is 6. The Morgan fingerprint density at radius 1 is 1.46 bits per heavy atom. The van der Waals surface area contributed by atoms with Crippen LogP contribution in [0, 0.1) is 5.92 Å². The van der Waals surface area contributed by atoms with E-state index in [4.69, 9.17) is 9.26 Å². The predicted molar refractivity (Wildman–Crippen MR) is 99.0 cm³/mol. The van der Waals surface area contributed by atoms with E-state index in [1.807, 2.05) is 27.7 Å². The van der Waals surface area contributed by atoms with E-state index >= 15 is 0 Å². The normalized spacial score (nSPS) is 18.3. The van der Waals surface area contributed by atoms with Crippen molar-refractivity contribution in [1.29, 1.82) is 0 Å². The lowest BCUT2D eigenvalue weighted by Crippen LogP contribution is -2.48. The van der Waals surface area contributed by atoms with Crippen molar-refractivity contribution in [1.82, 2.24) is 20.4 Å². The molecule has 1 aromatic heterocycles. The van der Waals surface area contributed by atoms with Crippen molar-refractivity contribution in [3.63, 3.8) is 0 Å². The van der Waals surface area contributed by atoms with Gasteiger partial charge in [0.1, 0.15) is 0 Å². The van der Waals surface area contributed by atoms with Crippen LogP contribution in [-0.4, -0.2) is 59.8 Å².